The van der Waals surface area contributed by atoms with Gasteiger partial charge < -0.3 is 14.4 Å². The normalized spacial score (nSPS) is 11.5. The fourth-order valence-corrected chi connectivity index (χ4v) is 4.98. The lowest BCUT2D eigenvalue weighted by molar-refractivity contribution is 0.0469. The molecule has 1 N–H and O–H groups in total. The number of nitrogens with zero attached hydrogens (tertiary/aromatic N) is 6. The van der Waals surface area contributed by atoms with Gasteiger partial charge in [-0.1, -0.05) is 85.8 Å². The highest BCUT2D eigenvalue weighted by Crippen LogP contribution is 2.31. The second-order valence-corrected chi connectivity index (χ2v) is 10.7. The number of tetrazole rings is 1. The van der Waals surface area contributed by atoms with Gasteiger partial charge in [0.25, 0.3) is 0 Å². The summed E-state index contributed by atoms with van der Waals surface area (Å²) in [7, 11) is 0. The first kappa shape index (κ1) is 28.9. The zero-order chi connectivity index (χ0) is 29.7. The van der Waals surface area contributed by atoms with E-state index in [0.29, 0.717) is 36.7 Å². The van der Waals surface area contributed by atoms with Crippen LogP contribution >= 0.6 is 0 Å². The molecule has 9 nitrogen and oxygen atoms in total. The number of aliphatic hydroxyl groups is 1. The highest BCUT2D eigenvalue weighted by Gasteiger charge is 2.32. The predicted octanol–water partition coefficient (Wildman–Crippen LogP) is 5.66. The molecule has 0 aliphatic carbocycles. The van der Waals surface area contributed by atoms with Crippen LogP contribution in [0.1, 0.15) is 67.2 Å². The van der Waals surface area contributed by atoms with Gasteiger partial charge in [0.15, 0.2) is 5.69 Å². The van der Waals surface area contributed by atoms with Gasteiger partial charge in [0, 0.05) is 18.5 Å². The van der Waals surface area contributed by atoms with Crippen molar-refractivity contribution in [1.82, 2.24) is 29.8 Å². The molecule has 5 aromatic rings. The first-order valence-corrected chi connectivity index (χ1v) is 14.3. The lowest BCUT2D eigenvalue weighted by Gasteiger charge is -2.17. The Morgan fingerprint density at radius 3 is 2.21 bits per heavy atom. The molecule has 216 valence electrons. The van der Waals surface area contributed by atoms with Gasteiger partial charge in [-0.25, -0.2) is 9.78 Å². The molecule has 2 aromatic heterocycles. The lowest BCUT2D eigenvalue weighted by Crippen LogP contribution is -2.23. The van der Waals surface area contributed by atoms with Gasteiger partial charge in [-0.2, -0.15) is 4.80 Å². The number of ether oxygens (including phenoxy) is 1. The van der Waals surface area contributed by atoms with Crippen molar-refractivity contribution >= 4 is 5.97 Å². The van der Waals surface area contributed by atoms with Crippen LogP contribution in [-0.2, 0) is 29.8 Å². The Kier molecular flexibility index (Phi) is 8.59. The summed E-state index contributed by atoms with van der Waals surface area (Å²) < 4.78 is 7.25. The summed E-state index contributed by atoms with van der Waals surface area (Å²) in [4.78, 5) is 19.3. The van der Waals surface area contributed by atoms with Gasteiger partial charge in [0.1, 0.15) is 17.1 Å². The minimum Gasteiger partial charge on any atom is -0.461 e. The van der Waals surface area contributed by atoms with Crippen LogP contribution in [0.3, 0.4) is 0 Å². The lowest BCUT2D eigenvalue weighted by atomic mass is 9.98. The van der Waals surface area contributed by atoms with E-state index < -0.39 is 11.6 Å². The maximum atomic E-state index is 13.0. The number of aromatic nitrogens is 6. The molecular weight excluding hydrogens is 528 g/mol. The van der Waals surface area contributed by atoms with E-state index in [9.17, 15) is 9.90 Å². The van der Waals surface area contributed by atoms with E-state index in [1.165, 1.54) is 0 Å². The molecule has 2 heterocycles. The van der Waals surface area contributed by atoms with E-state index in [4.69, 9.17) is 9.72 Å². The van der Waals surface area contributed by atoms with Crippen LogP contribution in [0.4, 0.5) is 0 Å². The number of benzene rings is 3. The van der Waals surface area contributed by atoms with E-state index in [0.717, 1.165) is 40.1 Å². The third-order valence-corrected chi connectivity index (χ3v) is 6.96. The Hall–Kier alpha value is -4.63. The van der Waals surface area contributed by atoms with Crippen molar-refractivity contribution in [3.05, 3.63) is 107 Å². The highest BCUT2D eigenvalue weighted by molar-refractivity contribution is 5.89. The quantitative estimate of drug-likeness (QED) is 0.206. The molecule has 0 atom stereocenters. The summed E-state index contributed by atoms with van der Waals surface area (Å²) in [5, 5.41) is 24.1. The van der Waals surface area contributed by atoms with Crippen LogP contribution in [0.15, 0.2) is 78.9 Å². The second-order valence-electron chi connectivity index (χ2n) is 10.7. The van der Waals surface area contributed by atoms with Gasteiger partial charge >= 0.3 is 5.97 Å². The van der Waals surface area contributed by atoms with Gasteiger partial charge in [-0.05, 0) is 54.7 Å². The summed E-state index contributed by atoms with van der Waals surface area (Å²) in [5.74, 6) is 0.825. The average Bonchev–Trinajstić information content (AvgIpc) is 3.59. The molecule has 0 unspecified atom stereocenters. The summed E-state index contributed by atoms with van der Waals surface area (Å²) in [6.07, 6.45) is 1.52. The van der Waals surface area contributed by atoms with Crippen molar-refractivity contribution in [1.29, 1.82) is 0 Å². The van der Waals surface area contributed by atoms with E-state index in [1.807, 2.05) is 71.3 Å². The Labute approximate surface area is 245 Å². The van der Waals surface area contributed by atoms with Crippen LogP contribution < -0.4 is 0 Å². The number of carbonyl (C=O) groups excluding carboxylic acids is 1. The molecule has 3 aromatic carbocycles. The standard InChI is InChI=1S/C33H36N6O3/c1-5-12-28-34-30(33(3,4)41)29(32(40)42-6-2)38(28)21-24-17-19-25(20-18-24)26-15-10-11-16-27(26)31-35-37-39(36-31)22-23-13-8-7-9-14-23/h7-11,13-20,41H,5-6,12,21-22H2,1-4H3. The zero-order valence-electron chi connectivity index (χ0n) is 24.5. The van der Waals surface area contributed by atoms with Crippen molar-refractivity contribution in [3.8, 4) is 22.5 Å². The topological polar surface area (TPSA) is 108 Å². The van der Waals surface area contributed by atoms with Crippen LogP contribution in [-0.4, -0.2) is 47.4 Å². The monoisotopic (exact) mass is 564 g/mol. The van der Waals surface area contributed by atoms with Crippen LogP contribution in [0.25, 0.3) is 22.5 Å². The van der Waals surface area contributed by atoms with E-state index >= 15 is 0 Å². The molecule has 0 bridgehead atoms. The fraction of sp³-hybridized carbons (Fsp3) is 0.303. The predicted molar refractivity (Wildman–Crippen MR) is 161 cm³/mol. The molecule has 0 fully saturated rings. The summed E-state index contributed by atoms with van der Waals surface area (Å²) in [6, 6.07) is 26.2. The summed E-state index contributed by atoms with van der Waals surface area (Å²) >= 11 is 0. The minimum atomic E-state index is -1.29. The third kappa shape index (κ3) is 6.31. The molecule has 42 heavy (non-hydrogen) atoms. The SMILES string of the molecule is CCCc1nc(C(C)(C)O)c(C(=O)OCC)n1Cc1ccc(-c2ccccc2-c2nnn(Cc3ccccc3)n2)cc1. The van der Waals surface area contributed by atoms with E-state index in [-0.39, 0.29) is 6.61 Å². The van der Waals surface area contributed by atoms with Crippen LogP contribution in [0.5, 0.6) is 0 Å². The van der Waals surface area contributed by atoms with Gasteiger partial charge in [-0.3, -0.25) is 0 Å². The molecule has 0 aliphatic rings. The first-order chi connectivity index (χ1) is 20.3. The Morgan fingerprint density at radius 2 is 1.55 bits per heavy atom. The van der Waals surface area contributed by atoms with Crippen molar-refractivity contribution in [2.24, 2.45) is 0 Å². The second kappa shape index (κ2) is 12.5. The van der Waals surface area contributed by atoms with E-state index in [2.05, 4.69) is 34.5 Å². The van der Waals surface area contributed by atoms with Gasteiger partial charge in [-0.15, -0.1) is 10.2 Å². The van der Waals surface area contributed by atoms with Crippen molar-refractivity contribution < 1.29 is 14.6 Å². The smallest absolute Gasteiger partial charge is 0.357 e. The molecule has 0 aliphatic heterocycles. The fourth-order valence-electron chi connectivity index (χ4n) is 4.98. The number of hydrogen-bond acceptors (Lipinski definition) is 7. The molecule has 0 amide bonds. The molecule has 0 saturated heterocycles. The largest absolute Gasteiger partial charge is 0.461 e. The van der Waals surface area contributed by atoms with Gasteiger partial charge in [0.05, 0.1) is 13.2 Å². The molecule has 0 saturated carbocycles. The Balaban J connectivity index is 1.44. The van der Waals surface area contributed by atoms with Crippen LogP contribution in [0, 0.1) is 0 Å². The molecular formula is C33H36N6O3. The summed E-state index contributed by atoms with van der Waals surface area (Å²) in [5.41, 5.74) is 4.33. The maximum Gasteiger partial charge on any atom is 0.357 e. The number of imidazole rings is 1. The summed E-state index contributed by atoms with van der Waals surface area (Å²) in [6.45, 7) is 8.31. The molecule has 5 rings (SSSR count). The van der Waals surface area contributed by atoms with Crippen molar-refractivity contribution in [2.75, 3.05) is 6.61 Å². The zero-order valence-corrected chi connectivity index (χ0v) is 24.5. The Bertz CT molecular complexity index is 1650. The van der Waals surface area contributed by atoms with E-state index in [1.54, 1.807) is 25.6 Å². The number of aryl methyl sites for hydroxylation is 1. The van der Waals surface area contributed by atoms with Crippen LogP contribution in [0.2, 0.25) is 0 Å². The van der Waals surface area contributed by atoms with Gasteiger partial charge in [0.2, 0.25) is 5.82 Å². The maximum absolute atomic E-state index is 13.0. The number of carbonyl (C=O) groups is 1. The Morgan fingerprint density at radius 1 is 0.881 bits per heavy atom. The molecule has 9 heteroatoms. The molecule has 0 radical (unpaired) electrons. The minimum absolute atomic E-state index is 0.238. The first-order valence-electron chi connectivity index (χ1n) is 14.3. The molecule has 0 spiro atoms. The van der Waals surface area contributed by atoms with Crippen molar-refractivity contribution in [2.45, 2.75) is 59.2 Å². The number of rotatable bonds is 11. The third-order valence-electron chi connectivity index (χ3n) is 6.96. The number of esters is 1. The number of hydrogen-bond donors (Lipinski definition) is 1. The van der Waals surface area contributed by atoms with Crippen molar-refractivity contribution in [3.63, 3.8) is 0 Å². The average molecular weight is 565 g/mol. The highest BCUT2D eigenvalue weighted by atomic mass is 16.5.